The molecule has 3 aromatic carbocycles. The molecule has 0 spiro atoms. The molecular weight excluding hydrogens is 380 g/mol. The van der Waals surface area contributed by atoms with E-state index in [-0.39, 0.29) is 12.5 Å². The zero-order chi connectivity index (χ0) is 17.5. The van der Waals surface area contributed by atoms with Crippen molar-refractivity contribution in [1.82, 2.24) is 0 Å². The topological polar surface area (TPSA) is 50.4 Å². The minimum absolute atomic E-state index is 0.105. The van der Waals surface area contributed by atoms with Gasteiger partial charge in [-0.05, 0) is 60.7 Å². The van der Waals surface area contributed by atoms with Gasteiger partial charge in [0, 0.05) is 15.8 Å². The van der Waals surface area contributed by atoms with Gasteiger partial charge in [-0.15, -0.1) is 0 Å². The number of benzene rings is 3. The lowest BCUT2D eigenvalue weighted by Gasteiger charge is -2.09. The number of amides is 1. The van der Waals surface area contributed by atoms with Crippen LogP contribution in [0.15, 0.2) is 83.3 Å². The summed E-state index contributed by atoms with van der Waals surface area (Å²) in [5.74, 6) is 1.43. The van der Waals surface area contributed by atoms with E-state index in [1.165, 1.54) is 0 Å². The number of ether oxygens (including phenoxy) is 1. The smallest absolute Gasteiger partial charge is 0.243 e. The zero-order valence-electron chi connectivity index (χ0n) is 13.4. The Morgan fingerprint density at radius 1 is 0.800 bits per heavy atom. The fourth-order valence-corrected chi connectivity index (χ4v) is 2.45. The van der Waals surface area contributed by atoms with Crippen molar-refractivity contribution in [1.29, 1.82) is 0 Å². The molecule has 0 heterocycles. The van der Waals surface area contributed by atoms with E-state index in [0.717, 1.165) is 27.3 Å². The van der Waals surface area contributed by atoms with Gasteiger partial charge in [-0.1, -0.05) is 34.1 Å². The van der Waals surface area contributed by atoms with Crippen molar-refractivity contribution in [2.45, 2.75) is 0 Å². The molecule has 0 atom stereocenters. The number of halogens is 1. The molecule has 2 N–H and O–H groups in total. The van der Waals surface area contributed by atoms with Gasteiger partial charge in [0.2, 0.25) is 5.91 Å². The predicted molar refractivity (Wildman–Crippen MR) is 104 cm³/mol. The van der Waals surface area contributed by atoms with Gasteiger partial charge < -0.3 is 15.4 Å². The number of hydrogen-bond donors (Lipinski definition) is 2. The van der Waals surface area contributed by atoms with Crippen LogP contribution in [0.4, 0.5) is 11.4 Å². The summed E-state index contributed by atoms with van der Waals surface area (Å²) in [6.07, 6.45) is 0. The number of nitrogens with one attached hydrogen (secondary N) is 2. The molecule has 0 bridgehead atoms. The predicted octanol–water partition coefficient (Wildman–Crippen LogP) is 5.29. The Morgan fingerprint density at radius 2 is 1.40 bits per heavy atom. The summed E-state index contributed by atoms with van der Waals surface area (Å²) in [4.78, 5) is 12.0. The lowest BCUT2D eigenvalue weighted by molar-refractivity contribution is -0.114. The minimum atomic E-state index is -0.105. The molecule has 1 amide bonds. The van der Waals surface area contributed by atoms with Gasteiger partial charge in [0.15, 0.2) is 0 Å². The van der Waals surface area contributed by atoms with Crippen LogP contribution in [0.1, 0.15) is 0 Å². The maximum atomic E-state index is 12.0. The van der Waals surface area contributed by atoms with Crippen LogP contribution in [0.3, 0.4) is 0 Å². The first kappa shape index (κ1) is 17.0. The highest BCUT2D eigenvalue weighted by Crippen LogP contribution is 2.22. The third-order valence-corrected chi connectivity index (χ3v) is 3.94. The summed E-state index contributed by atoms with van der Waals surface area (Å²) < 4.78 is 6.71. The molecule has 5 heteroatoms. The first-order valence-corrected chi connectivity index (χ1v) is 8.60. The highest BCUT2D eigenvalue weighted by molar-refractivity contribution is 9.10. The summed E-state index contributed by atoms with van der Waals surface area (Å²) >= 11 is 3.36. The molecule has 0 aliphatic heterocycles. The number of carbonyl (C=O) groups is 1. The van der Waals surface area contributed by atoms with Crippen molar-refractivity contribution in [3.8, 4) is 11.5 Å². The van der Waals surface area contributed by atoms with E-state index in [1.54, 1.807) is 0 Å². The van der Waals surface area contributed by atoms with Crippen LogP contribution in [0.25, 0.3) is 0 Å². The van der Waals surface area contributed by atoms with Gasteiger partial charge in [0.25, 0.3) is 0 Å². The Hall–Kier alpha value is -2.79. The van der Waals surface area contributed by atoms with Gasteiger partial charge in [-0.25, -0.2) is 0 Å². The molecule has 0 unspecified atom stereocenters. The molecule has 0 aliphatic carbocycles. The van der Waals surface area contributed by atoms with Gasteiger partial charge in [0.1, 0.15) is 11.5 Å². The van der Waals surface area contributed by atoms with Crippen molar-refractivity contribution in [2.24, 2.45) is 0 Å². The lowest BCUT2D eigenvalue weighted by atomic mass is 10.3. The van der Waals surface area contributed by atoms with Crippen molar-refractivity contribution in [2.75, 3.05) is 17.2 Å². The van der Waals surface area contributed by atoms with E-state index in [9.17, 15) is 4.79 Å². The normalized spacial score (nSPS) is 10.1. The molecule has 25 heavy (non-hydrogen) atoms. The quantitative estimate of drug-likeness (QED) is 0.594. The second-order valence-corrected chi connectivity index (χ2v) is 6.26. The number of rotatable bonds is 6. The molecule has 0 saturated carbocycles. The summed E-state index contributed by atoms with van der Waals surface area (Å²) in [5, 5.41) is 5.93. The van der Waals surface area contributed by atoms with Crippen LogP contribution in [-0.2, 0) is 4.79 Å². The van der Waals surface area contributed by atoms with E-state index >= 15 is 0 Å². The standard InChI is InChI=1S/C20H17BrN2O2/c21-15-6-8-17(9-7-15)23-20(24)14-22-16-10-12-19(13-11-16)25-18-4-2-1-3-5-18/h1-13,22H,14H2,(H,23,24). The third-order valence-electron chi connectivity index (χ3n) is 3.41. The molecule has 0 aliphatic rings. The van der Waals surface area contributed by atoms with E-state index in [1.807, 2.05) is 78.9 Å². The largest absolute Gasteiger partial charge is 0.457 e. The molecule has 3 rings (SSSR count). The van der Waals surface area contributed by atoms with Crippen molar-refractivity contribution >= 4 is 33.2 Å². The Balaban J connectivity index is 1.49. The summed E-state index contributed by atoms with van der Waals surface area (Å²) in [6, 6.07) is 24.5. The van der Waals surface area contributed by atoms with Crippen LogP contribution < -0.4 is 15.4 Å². The average molecular weight is 397 g/mol. The Morgan fingerprint density at radius 3 is 2.08 bits per heavy atom. The van der Waals surface area contributed by atoms with Gasteiger partial charge in [-0.3, -0.25) is 4.79 Å². The molecule has 0 radical (unpaired) electrons. The average Bonchev–Trinajstić information content (AvgIpc) is 2.64. The van der Waals surface area contributed by atoms with Gasteiger partial charge in [-0.2, -0.15) is 0 Å². The molecule has 3 aromatic rings. The lowest BCUT2D eigenvalue weighted by Crippen LogP contribution is -2.21. The highest BCUT2D eigenvalue weighted by atomic mass is 79.9. The third kappa shape index (κ3) is 5.36. The maximum Gasteiger partial charge on any atom is 0.243 e. The SMILES string of the molecule is O=C(CNc1ccc(Oc2ccccc2)cc1)Nc1ccc(Br)cc1. The fourth-order valence-electron chi connectivity index (χ4n) is 2.19. The first-order valence-electron chi connectivity index (χ1n) is 7.81. The minimum Gasteiger partial charge on any atom is -0.457 e. The summed E-state index contributed by atoms with van der Waals surface area (Å²) in [6.45, 7) is 0.189. The number of para-hydroxylation sites is 1. The molecule has 126 valence electrons. The second kappa shape index (κ2) is 8.35. The zero-order valence-corrected chi connectivity index (χ0v) is 15.0. The summed E-state index contributed by atoms with van der Waals surface area (Å²) in [5.41, 5.74) is 1.62. The van der Waals surface area contributed by atoms with E-state index < -0.39 is 0 Å². The van der Waals surface area contributed by atoms with Crippen molar-refractivity contribution < 1.29 is 9.53 Å². The fraction of sp³-hybridized carbons (Fsp3) is 0.0500. The number of carbonyl (C=O) groups excluding carboxylic acids is 1. The Bertz CT molecular complexity index is 819. The monoisotopic (exact) mass is 396 g/mol. The molecule has 4 nitrogen and oxygen atoms in total. The van der Waals surface area contributed by atoms with E-state index in [2.05, 4.69) is 26.6 Å². The first-order chi connectivity index (χ1) is 12.2. The Kier molecular flexibility index (Phi) is 5.69. The van der Waals surface area contributed by atoms with E-state index in [4.69, 9.17) is 4.74 Å². The Labute approximate surface area is 155 Å². The molecular formula is C20H17BrN2O2. The van der Waals surface area contributed by atoms with Crippen LogP contribution in [0.5, 0.6) is 11.5 Å². The van der Waals surface area contributed by atoms with Crippen LogP contribution in [-0.4, -0.2) is 12.5 Å². The molecule has 0 saturated heterocycles. The van der Waals surface area contributed by atoms with Gasteiger partial charge >= 0.3 is 0 Å². The molecule has 0 aromatic heterocycles. The highest BCUT2D eigenvalue weighted by Gasteiger charge is 2.03. The van der Waals surface area contributed by atoms with Crippen molar-refractivity contribution in [3.63, 3.8) is 0 Å². The number of hydrogen-bond acceptors (Lipinski definition) is 3. The van der Waals surface area contributed by atoms with Crippen LogP contribution >= 0.6 is 15.9 Å². The summed E-state index contributed by atoms with van der Waals surface area (Å²) in [7, 11) is 0. The van der Waals surface area contributed by atoms with E-state index in [0.29, 0.717) is 0 Å². The number of anilines is 2. The molecule has 0 fully saturated rings. The maximum absolute atomic E-state index is 12.0. The van der Waals surface area contributed by atoms with Crippen LogP contribution in [0.2, 0.25) is 0 Å². The second-order valence-electron chi connectivity index (χ2n) is 5.35. The van der Waals surface area contributed by atoms with Gasteiger partial charge in [0.05, 0.1) is 6.54 Å². The van der Waals surface area contributed by atoms with Crippen LogP contribution in [0, 0.1) is 0 Å². The van der Waals surface area contributed by atoms with Crippen molar-refractivity contribution in [3.05, 3.63) is 83.3 Å².